The van der Waals surface area contributed by atoms with Crippen molar-refractivity contribution in [1.82, 2.24) is 15.1 Å². The fourth-order valence-corrected chi connectivity index (χ4v) is 2.23. The second kappa shape index (κ2) is 6.38. The van der Waals surface area contributed by atoms with E-state index in [4.69, 9.17) is 0 Å². The highest BCUT2D eigenvalue weighted by Crippen LogP contribution is 2.17. The standard InChI is InChI=1S/C15H18N4O3/c1-10(14-9-16-18(3)11(14)2)17-15(20)8-12-4-6-13(7-5-12)19(21)22/h4-7,9-10H,8H2,1-3H3,(H,17,20). The number of carbonyl (C=O) groups excluding carboxylic acids is 1. The number of carbonyl (C=O) groups is 1. The molecule has 0 saturated carbocycles. The van der Waals surface area contributed by atoms with Gasteiger partial charge in [-0.15, -0.1) is 0 Å². The lowest BCUT2D eigenvalue weighted by atomic mass is 10.1. The summed E-state index contributed by atoms with van der Waals surface area (Å²) in [5, 5.41) is 17.7. The van der Waals surface area contributed by atoms with Crippen molar-refractivity contribution in [2.45, 2.75) is 26.3 Å². The minimum atomic E-state index is -0.461. The quantitative estimate of drug-likeness (QED) is 0.676. The Bertz CT molecular complexity index is 691. The van der Waals surface area contributed by atoms with E-state index in [1.54, 1.807) is 23.0 Å². The summed E-state index contributed by atoms with van der Waals surface area (Å²) in [6.45, 7) is 3.85. The minimum absolute atomic E-state index is 0.0171. The third kappa shape index (κ3) is 3.49. The monoisotopic (exact) mass is 302 g/mol. The summed E-state index contributed by atoms with van der Waals surface area (Å²) < 4.78 is 1.76. The number of hydrogen-bond donors (Lipinski definition) is 1. The van der Waals surface area contributed by atoms with Crippen LogP contribution in [0.2, 0.25) is 0 Å². The molecule has 0 radical (unpaired) electrons. The van der Waals surface area contributed by atoms with Crippen molar-refractivity contribution in [2.75, 3.05) is 0 Å². The van der Waals surface area contributed by atoms with Gasteiger partial charge in [0, 0.05) is 30.4 Å². The number of nitro benzene ring substituents is 1. The van der Waals surface area contributed by atoms with E-state index in [9.17, 15) is 14.9 Å². The van der Waals surface area contributed by atoms with Gasteiger partial charge >= 0.3 is 0 Å². The van der Waals surface area contributed by atoms with Crippen LogP contribution in [-0.2, 0) is 18.3 Å². The molecule has 0 saturated heterocycles. The molecular formula is C15H18N4O3. The van der Waals surface area contributed by atoms with Gasteiger partial charge in [0.1, 0.15) is 0 Å². The topological polar surface area (TPSA) is 90.1 Å². The number of hydrogen-bond acceptors (Lipinski definition) is 4. The maximum Gasteiger partial charge on any atom is 0.269 e. The first kappa shape index (κ1) is 15.7. The van der Waals surface area contributed by atoms with E-state index in [0.717, 1.165) is 16.8 Å². The van der Waals surface area contributed by atoms with Crippen LogP contribution >= 0.6 is 0 Å². The van der Waals surface area contributed by atoms with Crippen molar-refractivity contribution in [3.8, 4) is 0 Å². The van der Waals surface area contributed by atoms with Crippen LogP contribution in [0.25, 0.3) is 0 Å². The molecule has 1 aromatic heterocycles. The van der Waals surface area contributed by atoms with E-state index in [1.165, 1.54) is 12.1 Å². The van der Waals surface area contributed by atoms with E-state index >= 15 is 0 Å². The van der Waals surface area contributed by atoms with Gasteiger partial charge in [-0.1, -0.05) is 12.1 Å². The lowest BCUT2D eigenvalue weighted by Crippen LogP contribution is -2.28. The molecule has 1 heterocycles. The number of non-ortho nitro benzene ring substituents is 1. The molecule has 2 rings (SSSR count). The van der Waals surface area contributed by atoms with Crippen molar-refractivity contribution in [3.63, 3.8) is 0 Å². The van der Waals surface area contributed by atoms with Gasteiger partial charge in [-0.3, -0.25) is 19.6 Å². The van der Waals surface area contributed by atoms with Crippen LogP contribution in [-0.4, -0.2) is 20.6 Å². The van der Waals surface area contributed by atoms with Crippen LogP contribution in [0.4, 0.5) is 5.69 Å². The zero-order valence-corrected chi connectivity index (χ0v) is 12.7. The van der Waals surface area contributed by atoms with Crippen molar-refractivity contribution >= 4 is 11.6 Å². The zero-order chi connectivity index (χ0) is 16.3. The molecule has 0 spiro atoms. The second-order valence-corrected chi connectivity index (χ2v) is 5.20. The average molecular weight is 302 g/mol. The molecule has 1 unspecified atom stereocenters. The minimum Gasteiger partial charge on any atom is -0.349 e. The number of rotatable bonds is 5. The Morgan fingerprint density at radius 3 is 2.55 bits per heavy atom. The van der Waals surface area contributed by atoms with Gasteiger partial charge in [0.15, 0.2) is 0 Å². The Hall–Kier alpha value is -2.70. The Kier molecular flexibility index (Phi) is 4.55. The Morgan fingerprint density at radius 1 is 1.41 bits per heavy atom. The van der Waals surface area contributed by atoms with E-state index in [0.29, 0.717) is 0 Å². The molecule has 1 N–H and O–H groups in total. The number of benzene rings is 1. The number of amides is 1. The number of aryl methyl sites for hydroxylation is 1. The molecule has 1 amide bonds. The fraction of sp³-hybridized carbons (Fsp3) is 0.333. The van der Waals surface area contributed by atoms with E-state index in [-0.39, 0.29) is 24.1 Å². The molecule has 0 fully saturated rings. The van der Waals surface area contributed by atoms with Gasteiger partial charge in [-0.25, -0.2) is 0 Å². The van der Waals surface area contributed by atoms with Crippen LogP contribution in [0, 0.1) is 17.0 Å². The van der Waals surface area contributed by atoms with Gasteiger partial charge in [-0.05, 0) is 19.4 Å². The first-order chi connectivity index (χ1) is 10.4. The van der Waals surface area contributed by atoms with Gasteiger partial charge in [0.05, 0.1) is 23.6 Å². The first-order valence-electron chi connectivity index (χ1n) is 6.89. The van der Waals surface area contributed by atoms with E-state index in [1.807, 2.05) is 20.9 Å². The van der Waals surface area contributed by atoms with Crippen molar-refractivity contribution < 1.29 is 9.72 Å². The zero-order valence-electron chi connectivity index (χ0n) is 12.7. The normalized spacial score (nSPS) is 12.0. The van der Waals surface area contributed by atoms with Crippen LogP contribution in [0.1, 0.15) is 29.8 Å². The number of nitrogens with one attached hydrogen (secondary N) is 1. The molecule has 0 bridgehead atoms. The largest absolute Gasteiger partial charge is 0.349 e. The highest BCUT2D eigenvalue weighted by Gasteiger charge is 2.15. The Morgan fingerprint density at radius 2 is 2.05 bits per heavy atom. The number of nitro groups is 1. The van der Waals surface area contributed by atoms with E-state index in [2.05, 4.69) is 10.4 Å². The maximum absolute atomic E-state index is 12.1. The fourth-order valence-electron chi connectivity index (χ4n) is 2.23. The molecule has 0 aliphatic heterocycles. The molecule has 116 valence electrons. The summed E-state index contributed by atoms with van der Waals surface area (Å²) in [5.74, 6) is -0.135. The predicted molar refractivity (Wildman–Crippen MR) is 81.3 cm³/mol. The lowest BCUT2D eigenvalue weighted by Gasteiger charge is -2.13. The van der Waals surface area contributed by atoms with Crippen LogP contribution < -0.4 is 5.32 Å². The predicted octanol–water partition coefficient (Wildman–Crippen LogP) is 2.06. The number of nitrogens with zero attached hydrogens (tertiary/aromatic N) is 3. The Labute approximate surface area is 128 Å². The van der Waals surface area contributed by atoms with Gasteiger partial charge in [0.25, 0.3) is 5.69 Å². The third-order valence-electron chi connectivity index (χ3n) is 3.63. The van der Waals surface area contributed by atoms with Gasteiger partial charge < -0.3 is 5.32 Å². The molecule has 7 nitrogen and oxygen atoms in total. The van der Waals surface area contributed by atoms with Crippen LogP contribution in [0.15, 0.2) is 30.5 Å². The summed E-state index contributed by atoms with van der Waals surface area (Å²) in [7, 11) is 1.85. The Balaban J connectivity index is 1.97. The first-order valence-corrected chi connectivity index (χ1v) is 6.89. The summed E-state index contributed by atoms with van der Waals surface area (Å²) in [6, 6.07) is 5.85. The molecule has 7 heteroatoms. The van der Waals surface area contributed by atoms with Gasteiger partial charge in [0.2, 0.25) is 5.91 Å². The molecule has 1 atom stereocenters. The second-order valence-electron chi connectivity index (χ2n) is 5.20. The molecular weight excluding hydrogens is 284 g/mol. The SMILES string of the molecule is Cc1c(C(C)NC(=O)Cc2ccc([N+](=O)[O-])cc2)cnn1C. The summed E-state index contributed by atoms with van der Waals surface area (Å²) in [6.07, 6.45) is 1.92. The molecule has 0 aliphatic carbocycles. The van der Waals surface area contributed by atoms with Gasteiger partial charge in [-0.2, -0.15) is 5.10 Å². The smallest absolute Gasteiger partial charge is 0.269 e. The van der Waals surface area contributed by atoms with Crippen LogP contribution in [0.5, 0.6) is 0 Å². The maximum atomic E-state index is 12.1. The van der Waals surface area contributed by atoms with Crippen molar-refractivity contribution in [2.24, 2.45) is 7.05 Å². The third-order valence-corrected chi connectivity index (χ3v) is 3.63. The number of aromatic nitrogens is 2. The summed E-state index contributed by atoms with van der Waals surface area (Å²) in [4.78, 5) is 22.2. The highest BCUT2D eigenvalue weighted by molar-refractivity contribution is 5.79. The van der Waals surface area contributed by atoms with Crippen molar-refractivity contribution in [3.05, 3.63) is 57.4 Å². The summed E-state index contributed by atoms with van der Waals surface area (Å²) >= 11 is 0. The molecule has 0 aliphatic rings. The van der Waals surface area contributed by atoms with Crippen molar-refractivity contribution in [1.29, 1.82) is 0 Å². The highest BCUT2D eigenvalue weighted by atomic mass is 16.6. The lowest BCUT2D eigenvalue weighted by molar-refractivity contribution is -0.384. The molecule has 2 aromatic rings. The average Bonchev–Trinajstić information content (AvgIpc) is 2.79. The molecule has 22 heavy (non-hydrogen) atoms. The molecule has 1 aromatic carbocycles. The van der Waals surface area contributed by atoms with Crippen LogP contribution in [0.3, 0.4) is 0 Å². The van der Waals surface area contributed by atoms with E-state index < -0.39 is 4.92 Å². The summed E-state index contributed by atoms with van der Waals surface area (Å²) in [5.41, 5.74) is 2.73.